The first-order valence-electron chi connectivity index (χ1n) is 8.45. The Morgan fingerprint density at radius 1 is 0.760 bits per heavy atom. The van der Waals surface area contributed by atoms with Crippen LogP contribution in [0.15, 0.2) is 58.1 Å². The first-order chi connectivity index (χ1) is 12.2. The maximum Gasteiger partial charge on any atom is 0.261 e. The Morgan fingerprint density at radius 2 is 1.16 bits per heavy atom. The van der Waals surface area contributed by atoms with Crippen molar-refractivity contribution in [3.05, 3.63) is 69.2 Å². The number of ether oxygens (including phenoxy) is 2. The molecule has 1 heterocycles. The van der Waals surface area contributed by atoms with Gasteiger partial charge in [-0.2, -0.15) is 0 Å². The van der Waals surface area contributed by atoms with Crippen LogP contribution in [0.3, 0.4) is 0 Å². The van der Waals surface area contributed by atoms with Gasteiger partial charge in [0.15, 0.2) is 6.29 Å². The van der Waals surface area contributed by atoms with Crippen LogP contribution in [-0.2, 0) is 16.0 Å². The molecule has 0 radical (unpaired) electrons. The summed E-state index contributed by atoms with van der Waals surface area (Å²) in [6, 6.07) is 14.6. The van der Waals surface area contributed by atoms with Crippen LogP contribution in [0.1, 0.15) is 13.8 Å². The highest BCUT2D eigenvalue weighted by Crippen LogP contribution is 2.19. The Balaban J connectivity index is 2.35. The van der Waals surface area contributed by atoms with E-state index in [0.29, 0.717) is 24.0 Å². The molecule has 5 nitrogen and oxygen atoms in total. The second-order valence-electron chi connectivity index (χ2n) is 5.65. The molecule has 3 aromatic rings. The third-order valence-electron chi connectivity index (χ3n) is 4.13. The lowest BCUT2D eigenvalue weighted by molar-refractivity contribution is -0.144. The van der Waals surface area contributed by atoms with Crippen molar-refractivity contribution in [2.24, 2.45) is 0 Å². The van der Waals surface area contributed by atoms with E-state index < -0.39 is 6.29 Å². The molecule has 25 heavy (non-hydrogen) atoms. The molecule has 0 bridgehead atoms. The molecule has 0 saturated heterocycles. The lowest BCUT2D eigenvalue weighted by Gasteiger charge is -2.17. The molecular weight excluding hydrogens is 318 g/mol. The topological polar surface area (TPSA) is 57.5 Å². The maximum atomic E-state index is 13.1. The van der Waals surface area contributed by atoms with Gasteiger partial charge in [-0.25, -0.2) is 0 Å². The minimum Gasteiger partial charge on any atom is -0.351 e. The van der Waals surface area contributed by atoms with Gasteiger partial charge in [-0.3, -0.25) is 14.2 Å². The van der Waals surface area contributed by atoms with Crippen LogP contribution in [0.4, 0.5) is 0 Å². The molecule has 0 atom stereocenters. The smallest absolute Gasteiger partial charge is 0.261 e. The van der Waals surface area contributed by atoms with Crippen molar-refractivity contribution < 1.29 is 9.47 Å². The summed E-state index contributed by atoms with van der Waals surface area (Å²) in [5.41, 5.74) is -0.664. The summed E-state index contributed by atoms with van der Waals surface area (Å²) < 4.78 is 12.3. The average molecular weight is 339 g/mol. The Hall–Kier alpha value is -2.50. The minimum atomic E-state index is -0.639. The fourth-order valence-electron chi connectivity index (χ4n) is 3.03. The summed E-state index contributed by atoms with van der Waals surface area (Å²) in [5, 5.41) is 2.55. The minimum absolute atomic E-state index is 0.0576. The number of nitrogens with zero attached hydrogens (tertiary/aromatic N) is 1. The van der Waals surface area contributed by atoms with Crippen LogP contribution in [-0.4, -0.2) is 24.1 Å². The zero-order valence-corrected chi connectivity index (χ0v) is 14.4. The van der Waals surface area contributed by atoms with E-state index in [9.17, 15) is 9.59 Å². The van der Waals surface area contributed by atoms with E-state index >= 15 is 0 Å². The molecule has 0 spiro atoms. The first-order valence-corrected chi connectivity index (χ1v) is 8.45. The molecule has 0 N–H and O–H groups in total. The zero-order valence-electron chi connectivity index (χ0n) is 14.4. The average Bonchev–Trinajstić information content (AvgIpc) is 2.72. The van der Waals surface area contributed by atoms with Gasteiger partial charge < -0.3 is 9.47 Å². The molecule has 2 aromatic carbocycles. The molecular formula is C20H21NO4. The van der Waals surface area contributed by atoms with E-state index in [0.717, 1.165) is 10.8 Å². The maximum absolute atomic E-state index is 13.1. The van der Waals surface area contributed by atoms with Gasteiger partial charge in [0.05, 0.1) is 6.54 Å². The third-order valence-corrected chi connectivity index (χ3v) is 4.13. The van der Waals surface area contributed by atoms with Crippen molar-refractivity contribution in [3.63, 3.8) is 0 Å². The molecule has 0 amide bonds. The quantitative estimate of drug-likeness (QED) is 0.648. The summed E-state index contributed by atoms with van der Waals surface area (Å²) in [6.45, 7) is 4.63. The summed E-state index contributed by atoms with van der Waals surface area (Å²) >= 11 is 0. The molecule has 0 unspecified atom stereocenters. The Labute approximate surface area is 145 Å². The molecule has 0 aliphatic heterocycles. The second-order valence-corrected chi connectivity index (χ2v) is 5.65. The van der Waals surface area contributed by atoms with Gasteiger partial charge in [-0.1, -0.05) is 36.4 Å². The van der Waals surface area contributed by atoms with Gasteiger partial charge in [-0.05, 0) is 36.8 Å². The molecule has 1 aromatic heterocycles. The van der Waals surface area contributed by atoms with E-state index in [2.05, 4.69) is 0 Å². The highest BCUT2D eigenvalue weighted by atomic mass is 16.7. The van der Waals surface area contributed by atoms with Gasteiger partial charge in [0.2, 0.25) is 0 Å². The molecule has 0 saturated carbocycles. The van der Waals surface area contributed by atoms with E-state index in [-0.39, 0.29) is 17.7 Å². The van der Waals surface area contributed by atoms with Crippen molar-refractivity contribution in [2.75, 3.05) is 13.2 Å². The van der Waals surface area contributed by atoms with Crippen molar-refractivity contribution in [1.29, 1.82) is 0 Å². The van der Waals surface area contributed by atoms with E-state index in [1.54, 1.807) is 24.3 Å². The molecule has 0 aliphatic rings. The number of fused-ring (bicyclic) bond motifs is 3. The number of rotatable bonds is 6. The first kappa shape index (κ1) is 17.3. The number of aromatic nitrogens is 1. The Morgan fingerprint density at radius 3 is 1.56 bits per heavy atom. The van der Waals surface area contributed by atoms with Crippen molar-refractivity contribution >= 4 is 21.5 Å². The van der Waals surface area contributed by atoms with Gasteiger partial charge in [0, 0.05) is 24.0 Å². The summed E-state index contributed by atoms with van der Waals surface area (Å²) in [4.78, 5) is 26.1. The van der Waals surface area contributed by atoms with Crippen molar-refractivity contribution in [3.8, 4) is 0 Å². The van der Waals surface area contributed by atoms with Gasteiger partial charge in [0.1, 0.15) is 0 Å². The monoisotopic (exact) mass is 339 g/mol. The van der Waals surface area contributed by atoms with Crippen LogP contribution in [0.25, 0.3) is 21.5 Å². The third kappa shape index (κ3) is 3.34. The molecule has 130 valence electrons. The molecule has 0 aliphatic carbocycles. The zero-order chi connectivity index (χ0) is 17.8. The fraction of sp³-hybridized carbons (Fsp3) is 0.300. The largest absolute Gasteiger partial charge is 0.351 e. The van der Waals surface area contributed by atoms with E-state index in [1.165, 1.54) is 4.57 Å². The Bertz CT molecular complexity index is 931. The van der Waals surface area contributed by atoms with Crippen LogP contribution >= 0.6 is 0 Å². The van der Waals surface area contributed by atoms with Crippen molar-refractivity contribution in [2.45, 2.75) is 26.7 Å². The van der Waals surface area contributed by atoms with E-state index in [4.69, 9.17) is 9.47 Å². The van der Waals surface area contributed by atoms with Crippen LogP contribution in [0, 0.1) is 0 Å². The standard InChI is InChI=1S/C20H21NO4/c1-3-24-18(25-4-2)13-21-19(22)16-11-7-5-9-14(16)15-10-6-8-12-17(15)20(21)23/h5-12,18H,3-4,13H2,1-2H3. The summed E-state index contributed by atoms with van der Waals surface area (Å²) in [5.74, 6) is 0. The Kier molecular flexibility index (Phi) is 5.26. The lowest BCUT2D eigenvalue weighted by Crippen LogP contribution is -2.36. The fourth-order valence-corrected chi connectivity index (χ4v) is 3.03. The molecule has 3 rings (SSSR count). The predicted molar refractivity (Wildman–Crippen MR) is 99.0 cm³/mol. The summed E-state index contributed by atoms with van der Waals surface area (Å²) in [7, 11) is 0. The molecule has 0 fully saturated rings. The van der Waals surface area contributed by atoms with Crippen LogP contribution < -0.4 is 11.1 Å². The SMILES string of the molecule is CCOC(Cn1c(=O)c2ccccc2c2ccccc2c1=O)OCC. The number of hydrogen-bond donors (Lipinski definition) is 0. The normalized spacial score (nSPS) is 11.5. The van der Waals surface area contributed by atoms with Gasteiger partial charge in [-0.15, -0.1) is 0 Å². The van der Waals surface area contributed by atoms with Crippen LogP contribution in [0.2, 0.25) is 0 Å². The van der Waals surface area contributed by atoms with E-state index in [1.807, 2.05) is 38.1 Å². The predicted octanol–water partition coefficient (Wildman–Crippen LogP) is 2.91. The highest BCUT2D eigenvalue weighted by molar-refractivity contribution is 6.05. The number of benzene rings is 2. The highest BCUT2D eigenvalue weighted by Gasteiger charge is 2.15. The molecule has 5 heteroatoms. The van der Waals surface area contributed by atoms with Crippen molar-refractivity contribution in [1.82, 2.24) is 4.57 Å². The second kappa shape index (κ2) is 7.59. The summed E-state index contributed by atoms with van der Waals surface area (Å²) in [6.07, 6.45) is -0.639. The van der Waals surface area contributed by atoms with Crippen LogP contribution in [0.5, 0.6) is 0 Å². The van der Waals surface area contributed by atoms with Gasteiger partial charge in [0.25, 0.3) is 11.1 Å². The van der Waals surface area contributed by atoms with Gasteiger partial charge >= 0.3 is 0 Å². The lowest BCUT2D eigenvalue weighted by atomic mass is 10.1. The number of hydrogen-bond acceptors (Lipinski definition) is 4.